The number of nitrogens with one attached hydrogen (secondary N) is 1. The Labute approximate surface area is 154 Å². The highest BCUT2D eigenvalue weighted by atomic mass is 16.5. The Morgan fingerprint density at radius 3 is 2.73 bits per heavy atom. The van der Waals surface area contributed by atoms with E-state index in [4.69, 9.17) is 4.74 Å². The van der Waals surface area contributed by atoms with Gasteiger partial charge < -0.3 is 19.9 Å². The summed E-state index contributed by atoms with van der Waals surface area (Å²) in [6, 6.07) is 5.86. The number of hydrogen-bond donors (Lipinski definition) is 1. The van der Waals surface area contributed by atoms with Crippen molar-refractivity contribution >= 4 is 17.6 Å². The number of hydrogen-bond acceptors (Lipinski definition) is 5. The number of piperazine rings is 1. The zero-order valence-electron chi connectivity index (χ0n) is 15.2. The fraction of sp³-hybridized carbons (Fsp3) is 0.632. The number of aromatic nitrogens is 1. The van der Waals surface area contributed by atoms with Crippen LogP contribution in [0.2, 0.25) is 0 Å². The SMILES string of the molecule is O=C(CC[C@H]1CCCO1)NCCC(=O)N1CCN(c2ccccn2)CC1. The van der Waals surface area contributed by atoms with Gasteiger partial charge in [0.15, 0.2) is 0 Å². The van der Waals surface area contributed by atoms with E-state index >= 15 is 0 Å². The Morgan fingerprint density at radius 2 is 2.04 bits per heavy atom. The first-order valence-electron chi connectivity index (χ1n) is 9.54. The molecule has 3 heterocycles. The van der Waals surface area contributed by atoms with E-state index in [2.05, 4.69) is 15.2 Å². The number of carbonyl (C=O) groups is 2. The van der Waals surface area contributed by atoms with Gasteiger partial charge in [-0.05, 0) is 31.4 Å². The van der Waals surface area contributed by atoms with Crippen molar-refractivity contribution in [1.29, 1.82) is 0 Å². The standard InChI is InChI=1S/C19H28N4O3/c24-18(7-6-16-4-3-15-26-16)21-10-8-19(25)23-13-11-22(12-14-23)17-5-1-2-9-20-17/h1-2,5,9,16H,3-4,6-8,10-15H2,(H,21,24)/t16-/m1/s1. The number of pyridine rings is 1. The Balaban J connectivity index is 1.30. The minimum atomic E-state index is 0.00766. The highest BCUT2D eigenvalue weighted by Gasteiger charge is 2.21. The van der Waals surface area contributed by atoms with E-state index in [0.29, 0.717) is 32.5 Å². The van der Waals surface area contributed by atoms with Crippen molar-refractivity contribution < 1.29 is 14.3 Å². The molecule has 2 aliphatic heterocycles. The van der Waals surface area contributed by atoms with Crippen LogP contribution in [-0.2, 0) is 14.3 Å². The normalized spacial score (nSPS) is 20.2. The first kappa shape index (κ1) is 18.6. The Morgan fingerprint density at radius 1 is 1.19 bits per heavy atom. The number of nitrogens with zero attached hydrogens (tertiary/aromatic N) is 3. The molecule has 2 amide bonds. The second-order valence-electron chi connectivity index (χ2n) is 6.83. The van der Waals surface area contributed by atoms with E-state index in [1.807, 2.05) is 23.1 Å². The molecule has 1 aromatic rings. The summed E-state index contributed by atoms with van der Waals surface area (Å²) < 4.78 is 5.52. The number of ether oxygens (including phenoxy) is 1. The van der Waals surface area contributed by atoms with E-state index in [1.165, 1.54) is 0 Å². The lowest BCUT2D eigenvalue weighted by molar-refractivity contribution is -0.131. The van der Waals surface area contributed by atoms with Crippen LogP contribution in [-0.4, -0.2) is 67.1 Å². The van der Waals surface area contributed by atoms with Crippen molar-refractivity contribution in [2.24, 2.45) is 0 Å². The molecule has 2 aliphatic rings. The molecule has 0 saturated carbocycles. The lowest BCUT2D eigenvalue weighted by Crippen LogP contribution is -2.49. The summed E-state index contributed by atoms with van der Waals surface area (Å²) in [6.45, 7) is 4.19. The van der Waals surface area contributed by atoms with Crippen LogP contribution in [0.1, 0.15) is 32.1 Å². The maximum Gasteiger partial charge on any atom is 0.224 e. The highest BCUT2D eigenvalue weighted by molar-refractivity contribution is 5.79. The first-order valence-corrected chi connectivity index (χ1v) is 9.54. The van der Waals surface area contributed by atoms with E-state index in [1.54, 1.807) is 6.20 Å². The van der Waals surface area contributed by atoms with Crippen LogP contribution in [0.4, 0.5) is 5.82 Å². The minimum absolute atomic E-state index is 0.00766. The predicted molar refractivity (Wildman–Crippen MR) is 98.9 cm³/mol. The third-order valence-corrected chi connectivity index (χ3v) is 4.98. The van der Waals surface area contributed by atoms with Crippen LogP contribution < -0.4 is 10.2 Å². The molecular formula is C19H28N4O3. The number of rotatable bonds is 7. The summed E-state index contributed by atoms with van der Waals surface area (Å²) in [5, 5.41) is 2.85. The van der Waals surface area contributed by atoms with E-state index in [9.17, 15) is 9.59 Å². The monoisotopic (exact) mass is 360 g/mol. The van der Waals surface area contributed by atoms with Crippen molar-refractivity contribution in [3.63, 3.8) is 0 Å². The second-order valence-corrected chi connectivity index (χ2v) is 6.83. The van der Waals surface area contributed by atoms with Crippen LogP contribution >= 0.6 is 0 Å². The van der Waals surface area contributed by atoms with Gasteiger partial charge in [0.2, 0.25) is 11.8 Å². The third kappa shape index (κ3) is 5.42. The lowest BCUT2D eigenvalue weighted by Gasteiger charge is -2.35. The lowest BCUT2D eigenvalue weighted by atomic mass is 10.1. The molecule has 0 unspecified atom stereocenters. The molecule has 1 atom stereocenters. The molecule has 26 heavy (non-hydrogen) atoms. The average molecular weight is 360 g/mol. The van der Waals surface area contributed by atoms with Crippen LogP contribution in [0.25, 0.3) is 0 Å². The number of anilines is 1. The molecule has 142 valence electrons. The zero-order chi connectivity index (χ0) is 18.2. The highest BCUT2D eigenvalue weighted by Crippen LogP contribution is 2.16. The fourth-order valence-corrected chi connectivity index (χ4v) is 3.45. The molecular weight excluding hydrogens is 332 g/mol. The minimum Gasteiger partial charge on any atom is -0.378 e. The number of carbonyl (C=O) groups excluding carboxylic acids is 2. The van der Waals surface area contributed by atoms with E-state index in [0.717, 1.165) is 44.8 Å². The second kappa shape index (κ2) is 9.52. The summed E-state index contributed by atoms with van der Waals surface area (Å²) in [5.41, 5.74) is 0. The summed E-state index contributed by atoms with van der Waals surface area (Å²) >= 11 is 0. The Bertz CT molecular complexity index is 582. The van der Waals surface area contributed by atoms with Crippen LogP contribution in [0.15, 0.2) is 24.4 Å². The predicted octanol–water partition coefficient (Wildman–Crippen LogP) is 1.20. The van der Waals surface area contributed by atoms with E-state index < -0.39 is 0 Å². The Hall–Kier alpha value is -2.15. The maximum absolute atomic E-state index is 12.3. The van der Waals surface area contributed by atoms with Gasteiger partial charge in [0.05, 0.1) is 6.10 Å². The van der Waals surface area contributed by atoms with Crippen molar-refractivity contribution in [2.45, 2.75) is 38.2 Å². The van der Waals surface area contributed by atoms with Crippen LogP contribution in [0.3, 0.4) is 0 Å². The van der Waals surface area contributed by atoms with Gasteiger partial charge in [-0.3, -0.25) is 9.59 Å². The molecule has 7 nitrogen and oxygen atoms in total. The molecule has 0 spiro atoms. The molecule has 0 aliphatic carbocycles. The zero-order valence-corrected chi connectivity index (χ0v) is 15.2. The molecule has 2 fully saturated rings. The summed E-state index contributed by atoms with van der Waals surface area (Å²) in [4.78, 5) is 32.6. The van der Waals surface area contributed by atoms with Gasteiger partial charge in [0, 0.05) is 58.4 Å². The molecule has 0 bridgehead atoms. The molecule has 0 aromatic carbocycles. The van der Waals surface area contributed by atoms with Gasteiger partial charge in [0.1, 0.15) is 5.82 Å². The van der Waals surface area contributed by atoms with Crippen molar-refractivity contribution in [3.8, 4) is 0 Å². The topological polar surface area (TPSA) is 74.8 Å². The largest absolute Gasteiger partial charge is 0.378 e. The molecule has 1 N–H and O–H groups in total. The summed E-state index contributed by atoms with van der Waals surface area (Å²) in [5.74, 6) is 1.07. The van der Waals surface area contributed by atoms with Gasteiger partial charge in [-0.15, -0.1) is 0 Å². The van der Waals surface area contributed by atoms with Gasteiger partial charge in [0.25, 0.3) is 0 Å². The number of amides is 2. The quantitative estimate of drug-likeness (QED) is 0.791. The third-order valence-electron chi connectivity index (χ3n) is 4.98. The summed E-state index contributed by atoms with van der Waals surface area (Å²) in [7, 11) is 0. The van der Waals surface area contributed by atoms with Crippen LogP contribution in [0.5, 0.6) is 0 Å². The van der Waals surface area contributed by atoms with Crippen molar-refractivity contribution in [3.05, 3.63) is 24.4 Å². The molecule has 1 aromatic heterocycles. The smallest absolute Gasteiger partial charge is 0.224 e. The molecule has 2 saturated heterocycles. The van der Waals surface area contributed by atoms with Crippen molar-refractivity contribution in [2.75, 3.05) is 44.2 Å². The fourth-order valence-electron chi connectivity index (χ4n) is 3.45. The van der Waals surface area contributed by atoms with Gasteiger partial charge in [-0.2, -0.15) is 0 Å². The van der Waals surface area contributed by atoms with Gasteiger partial charge in [-0.1, -0.05) is 6.07 Å². The first-order chi connectivity index (χ1) is 12.7. The van der Waals surface area contributed by atoms with Gasteiger partial charge >= 0.3 is 0 Å². The van der Waals surface area contributed by atoms with Crippen LogP contribution in [0, 0.1) is 0 Å². The van der Waals surface area contributed by atoms with Crippen molar-refractivity contribution in [1.82, 2.24) is 15.2 Å². The average Bonchev–Trinajstić information content (AvgIpc) is 3.21. The summed E-state index contributed by atoms with van der Waals surface area (Å²) in [6.07, 6.45) is 5.77. The molecule has 7 heteroatoms. The van der Waals surface area contributed by atoms with Gasteiger partial charge in [-0.25, -0.2) is 4.98 Å². The molecule has 0 radical (unpaired) electrons. The Kier molecular flexibility index (Phi) is 6.82. The van der Waals surface area contributed by atoms with E-state index in [-0.39, 0.29) is 17.9 Å². The molecule has 3 rings (SSSR count). The maximum atomic E-state index is 12.3.